The minimum atomic E-state index is 0.0433. The first-order chi connectivity index (χ1) is 8.99. The van der Waals surface area contributed by atoms with E-state index in [1.807, 2.05) is 4.90 Å². The van der Waals surface area contributed by atoms with Crippen molar-refractivity contribution in [2.75, 3.05) is 13.1 Å². The molecule has 19 heavy (non-hydrogen) atoms. The molecule has 1 aromatic heterocycles. The Balaban J connectivity index is 1.77. The van der Waals surface area contributed by atoms with Gasteiger partial charge in [0.2, 0.25) is 5.91 Å². The van der Waals surface area contributed by atoms with Gasteiger partial charge in [-0.3, -0.25) is 4.79 Å². The average molecular weight is 280 g/mol. The average Bonchev–Trinajstić information content (AvgIpc) is 2.85. The number of amides is 1. The molecule has 2 N–H and O–H groups in total. The number of piperidine rings is 1. The highest BCUT2D eigenvalue weighted by Gasteiger charge is 2.34. The van der Waals surface area contributed by atoms with Crippen LogP contribution < -0.4 is 5.73 Å². The van der Waals surface area contributed by atoms with Crippen LogP contribution in [0.1, 0.15) is 38.0 Å². The molecule has 0 spiro atoms. The second-order valence-corrected chi connectivity index (χ2v) is 7.16. The van der Waals surface area contributed by atoms with Crippen LogP contribution in [0.15, 0.2) is 17.5 Å². The maximum Gasteiger partial charge on any atom is 0.222 e. The van der Waals surface area contributed by atoms with Crippen molar-refractivity contribution < 1.29 is 4.79 Å². The Morgan fingerprint density at radius 3 is 3.00 bits per heavy atom. The van der Waals surface area contributed by atoms with Gasteiger partial charge in [-0.05, 0) is 36.1 Å². The highest BCUT2D eigenvalue weighted by Crippen LogP contribution is 2.28. The van der Waals surface area contributed by atoms with E-state index in [1.54, 1.807) is 11.3 Å². The molecule has 1 saturated heterocycles. The first-order valence-corrected chi connectivity index (χ1v) is 7.93. The molecule has 4 heteroatoms. The molecule has 1 amide bonds. The van der Waals surface area contributed by atoms with Gasteiger partial charge in [-0.15, -0.1) is 11.3 Å². The van der Waals surface area contributed by atoms with Crippen LogP contribution in [0.5, 0.6) is 0 Å². The van der Waals surface area contributed by atoms with Gasteiger partial charge in [-0.2, -0.15) is 0 Å². The minimum absolute atomic E-state index is 0.0433. The second-order valence-electron chi connectivity index (χ2n) is 6.13. The fraction of sp³-hybridized carbons (Fsp3) is 0.667. The van der Waals surface area contributed by atoms with Crippen molar-refractivity contribution in [3.05, 3.63) is 22.4 Å². The van der Waals surface area contributed by atoms with Crippen molar-refractivity contribution in [2.45, 2.75) is 45.6 Å². The van der Waals surface area contributed by atoms with Crippen molar-refractivity contribution in [3.63, 3.8) is 0 Å². The molecule has 0 saturated carbocycles. The van der Waals surface area contributed by atoms with E-state index in [1.165, 1.54) is 4.88 Å². The maximum absolute atomic E-state index is 12.2. The molecule has 0 aromatic carbocycles. The molecule has 1 aromatic rings. The number of aryl methyl sites for hydroxylation is 1. The fourth-order valence-corrected chi connectivity index (χ4v) is 3.36. The highest BCUT2D eigenvalue weighted by molar-refractivity contribution is 7.09. The van der Waals surface area contributed by atoms with Gasteiger partial charge in [0.1, 0.15) is 0 Å². The zero-order valence-electron chi connectivity index (χ0n) is 11.9. The predicted molar refractivity (Wildman–Crippen MR) is 80.2 cm³/mol. The Morgan fingerprint density at radius 2 is 2.37 bits per heavy atom. The van der Waals surface area contributed by atoms with Crippen molar-refractivity contribution in [2.24, 2.45) is 11.1 Å². The highest BCUT2D eigenvalue weighted by atomic mass is 32.1. The van der Waals surface area contributed by atoms with Crippen molar-refractivity contribution in [1.29, 1.82) is 0 Å². The molecule has 1 aliphatic rings. The summed E-state index contributed by atoms with van der Waals surface area (Å²) >= 11 is 1.77. The molecule has 0 radical (unpaired) electrons. The minimum Gasteiger partial charge on any atom is -0.342 e. The Bertz CT molecular complexity index is 414. The van der Waals surface area contributed by atoms with Crippen molar-refractivity contribution >= 4 is 17.2 Å². The molecule has 106 valence electrons. The topological polar surface area (TPSA) is 46.3 Å². The van der Waals surface area contributed by atoms with Crippen molar-refractivity contribution in [1.82, 2.24) is 4.90 Å². The van der Waals surface area contributed by atoms with Gasteiger partial charge in [0, 0.05) is 30.4 Å². The summed E-state index contributed by atoms with van der Waals surface area (Å²) in [5, 5.41) is 2.09. The van der Waals surface area contributed by atoms with E-state index in [9.17, 15) is 4.79 Å². The number of thiophene rings is 1. The maximum atomic E-state index is 12.2. The van der Waals surface area contributed by atoms with Crippen LogP contribution in [0.3, 0.4) is 0 Å². The Kier molecular flexibility index (Phi) is 4.63. The molecule has 1 aliphatic heterocycles. The van der Waals surface area contributed by atoms with Gasteiger partial charge < -0.3 is 10.6 Å². The van der Waals surface area contributed by atoms with Crippen LogP contribution in [0, 0.1) is 5.41 Å². The molecular weight excluding hydrogens is 256 g/mol. The van der Waals surface area contributed by atoms with Crippen LogP contribution in [0.2, 0.25) is 0 Å². The SMILES string of the molecule is CC1(C)CN(C(=O)CCCc2cccs2)CCC1N. The Labute approximate surface area is 119 Å². The van der Waals surface area contributed by atoms with E-state index in [2.05, 4.69) is 31.4 Å². The zero-order valence-corrected chi connectivity index (χ0v) is 12.7. The van der Waals surface area contributed by atoms with Crippen molar-refractivity contribution in [3.8, 4) is 0 Å². The summed E-state index contributed by atoms with van der Waals surface area (Å²) < 4.78 is 0. The van der Waals surface area contributed by atoms with E-state index in [0.29, 0.717) is 6.42 Å². The molecule has 2 heterocycles. The van der Waals surface area contributed by atoms with Crippen LogP contribution in [0.25, 0.3) is 0 Å². The Hall–Kier alpha value is -0.870. The molecule has 3 nitrogen and oxygen atoms in total. The van der Waals surface area contributed by atoms with Crippen LogP contribution >= 0.6 is 11.3 Å². The lowest BCUT2D eigenvalue weighted by Gasteiger charge is -2.42. The summed E-state index contributed by atoms with van der Waals surface area (Å²) in [6.07, 6.45) is 3.54. The summed E-state index contributed by atoms with van der Waals surface area (Å²) in [4.78, 5) is 15.6. The monoisotopic (exact) mass is 280 g/mol. The molecule has 1 unspecified atom stereocenters. The van der Waals surface area contributed by atoms with E-state index < -0.39 is 0 Å². The standard InChI is InChI=1S/C15H24N2OS/c1-15(2)11-17(9-8-13(15)16)14(18)7-3-5-12-6-4-10-19-12/h4,6,10,13H,3,5,7-9,11,16H2,1-2H3. The third-order valence-electron chi connectivity index (χ3n) is 4.06. The normalized spacial score (nSPS) is 22.5. The molecular formula is C15H24N2OS. The summed E-state index contributed by atoms with van der Waals surface area (Å²) in [6.45, 7) is 5.93. The van der Waals surface area contributed by atoms with Gasteiger partial charge in [0.05, 0.1) is 0 Å². The van der Waals surface area contributed by atoms with E-state index in [4.69, 9.17) is 5.73 Å². The number of carbonyl (C=O) groups excluding carboxylic acids is 1. The lowest BCUT2D eigenvalue weighted by atomic mass is 9.79. The first kappa shape index (κ1) is 14.5. The fourth-order valence-electron chi connectivity index (χ4n) is 2.61. The molecule has 2 rings (SSSR count). The van der Waals surface area contributed by atoms with Crippen LogP contribution in [-0.2, 0) is 11.2 Å². The smallest absolute Gasteiger partial charge is 0.222 e. The quantitative estimate of drug-likeness (QED) is 0.921. The molecule has 1 fully saturated rings. The number of hydrogen-bond acceptors (Lipinski definition) is 3. The third kappa shape index (κ3) is 3.80. The number of likely N-dealkylation sites (tertiary alicyclic amines) is 1. The number of nitrogens with zero attached hydrogens (tertiary/aromatic N) is 1. The second kappa shape index (κ2) is 6.06. The Morgan fingerprint density at radius 1 is 1.58 bits per heavy atom. The van der Waals surface area contributed by atoms with Crippen LogP contribution in [0.4, 0.5) is 0 Å². The number of rotatable bonds is 4. The summed E-state index contributed by atoms with van der Waals surface area (Å²) in [5.74, 6) is 0.288. The van der Waals surface area contributed by atoms with Gasteiger partial charge in [0.15, 0.2) is 0 Å². The lowest BCUT2D eigenvalue weighted by molar-refractivity contribution is -0.134. The zero-order chi connectivity index (χ0) is 13.9. The van der Waals surface area contributed by atoms with E-state index >= 15 is 0 Å². The summed E-state index contributed by atoms with van der Waals surface area (Å²) in [5.41, 5.74) is 6.15. The summed E-state index contributed by atoms with van der Waals surface area (Å²) in [7, 11) is 0. The number of nitrogens with two attached hydrogens (primary N) is 1. The molecule has 0 aliphatic carbocycles. The predicted octanol–water partition coefficient (Wildman–Crippen LogP) is 2.66. The lowest BCUT2D eigenvalue weighted by Crippen LogP contribution is -2.53. The summed E-state index contributed by atoms with van der Waals surface area (Å²) in [6, 6.07) is 4.41. The van der Waals surface area contributed by atoms with E-state index in [-0.39, 0.29) is 17.4 Å². The largest absolute Gasteiger partial charge is 0.342 e. The van der Waals surface area contributed by atoms with Gasteiger partial charge in [-0.25, -0.2) is 0 Å². The number of carbonyl (C=O) groups is 1. The molecule has 1 atom stereocenters. The van der Waals surface area contributed by atoms with Gasteiger partial charge in [0.25, 0.3) is 0 Å². The van der Waals surface area contributed by atoms with E-state index in [0.717, 1.165) is 32.4 Å². The third-order valence-corrected chi connectivity index (χ3v) is 4.99. The van der Waals surface area contributed by atoms with Gasteiger partial charge >= 0.3 is 0 Å². The number of hydrogen-bond donors (Lipinski definition) is 1. The van der Waals surface area contributed by atoms with Gasteiger partial charge in [-0.1, -0.05) is 19.9 Å². The first-order valence-electron chi connectivity index (χ1n) is 7.05. The molecule has 0 bridgehead atoms. The van der Waals surface area contributed by atoms with Crippen LogP contribution in [-0.4, -0.2) is 29.9 Å².